The van der Waals surface area contributed by atoms with Gasteiger partial charge in [0, 0.05) is 19.6 Å². The number of ether oxygens (including phenoxy) is 1. The average Bonchev–Trinajstić information content (AvgIpc) is 3.23. The number of piperidine rings is 1. The fourth-order valence-electron chi connectivity index (χ4n) is 3.75. The molecular weight excluding hydrogens is 338 g/mol. The second-order valence-corrected chi connectivity index (χ2v) is 7.62. The number of fused-ring (bicyclic) bond motifs is 2. The molecule has 2 aliphatic rings. The first-order valence-electron chi connectivity index (χ1n) is 8.80. The number of H-pyrrole nitrogens is 1. The standard InChI is InChI=1S/C17H23N5O2S/c1-3-18-16-20-11(2)13(25-16)15(23)22-7-5-17(6-8-22)14-12(4-9-24-17)10-19-21-14/h10H,3-9H2,1-2H3,(H,18,20)(H,19,21). The van der Waals surface area contributed by atoms with Crippen molar-refractivity contribution in [2.75, 3.05) is 31.6 Å². The number of amides is 1. The Kier molecular flexibility index (Phi) is 4.24. The number of aromatic amines is 1. The van der Waals surface area contributed by atoms with Gasteiger partial charge in [-0.1, -0.05) is 11.3 Å². The lowest BCUT2D eigenvalue weighted by Crippen LogP contribution is -2.48. The van der Waals surface area contributed by atoms with Crippen LogP contribution in [0, 0.1) is 6.92 Å². The summed E-state index contributed by atoms with van der Waals surface area (Å²) in [6, 6.07) is 0. The molecule has 0 bridgehead atoms. The molecule has 4 rings (SSSR count). The highest BCUT2D eigenvalue weighted by Gasteiger charge is 2.43. The van der Waals surface area contributed by atoms with Gasteiger partial charge in [-0.2, -0.15) is 5.10 Å². The van der Waals surface area contributed by atoms with E-state index in [1.54, 1.807) is 0 Å². The van der Waals surface area contributed by atoms with E-state index in [0.717, 1.165) is 53.8 Å². The summed E-state index contributed by atoms with van der Waals surface area (Å²) in [5.74, 6) is 0.0784. The molecule has 134 valence electrons. The van der Waals surface area contributed by atoms with Crippen molar-refractivity contribution in [2.45, 2.75) is 38.7 Å². The van der Waals surface area contributed by atoms with Gasteiger partial charge < -0.3 is 15.0 Å². The van der Waals surface area contributed by atoms with Gasteiger partial charge in [0.15, 0.2) is 5.13 Å². The molecular formula is C17H23N5O2S. The van der Waals surface area contributed by atoms with Crippen molar-refractivity contribution in [1.82, 2.24) is 20.1 Å². The molecule has 4 heterocycles. The summed E-state index contributed by atoms with van der Waals surface area (Å²) in [6.07, 6.45) is 4.40. The molecule has 7 nitrogen and oxygen atoms in total. The lowest BCUT2D eigenvalue weighted by molar-refractivity contribution is -0.0961. The van der Waals surface area contributed by atoms with Gasteiger partial charge in [0.1, 0.15) is 10.5 Å². The largest absolute Gasteiger partial charge is 0.368 e. The highest BCUT2D eigenvalue weighted by molar-refractivity contribution is 7.17. The molecule has 1 saturated heterocycles. The van der Waals surface area contributed by atoms with Gasteiger partial charge in [-0.15, -0.1) is 0 Å². The number of aryl methyl sites for hydroxylation is 1. The Morgan fingerprint density at radius 2 is 2.28 bits per heavy atom. The van der Waals surface area contributed by atoms with Gasteiger partial charge in [-0.25, -0.2) is 4.98 Å². The van der Waals surface area contributed by atoms with Crippen LogP contribution in [0.15, 0.2) is 6.20 Å². The predicted octanol–water partition coefficient (Wildman–Crippen LogP) is 2.31. The fraction of sp³-hybridized carbons (Fsp3) is 0.588. The summed E-state index contributed by atoms with van der Waals surface area (Å²) in [7, 11) is 0. The van der Waals surface area contributed by atoms with E-state index < -0.39 is 0 Å². The number of aromatic nitrogens is 3. The number of rotatable bonds is 3. The van der Waals surface area contributed by atoms with Gasteiger partial charge in [0.25, 0.3) is 5.91 Å². The second kappa shape index (κ2) is 6.42. The van der Waals surface area contributed by atoms with E-state index in [0.29, 0.717) is 13.1 Å². The maximum Gasteiger partial charge on any atom is 0.265 e. The van der Waals surface area contributed by atoms with Crippen LogP contribution in [0.2, 0.25) is 0 Å². The lowest BCUT2D eigenvalue weighted by atomic mass is 9.83. The molecule has 2 aliphatic heterocycles. The molecule has 0 aromatic carbocycles. The van der Waals surface area contributed by atoms with E-state index in [-0.39, 0.29) is 11.5 Å². The number of nitrogens with zero attached hydrogens (tertiary/aromatic N) is 3. The van der Waals surface area contributed by atoms with Gasteiger partial charge in [0.05, 0.1) is 24.2 Å². The first-order valence-corrected chi connectivity index (χ1v) is 9.62. The van der Waals surface area contributed by atoms with Gasteiger partial charge in [0.2, 0.25) is 0 Å². The van der Waals surface area contributed by atoms with Crippen LogP contribution in [0.1, 0.15) is 46.4 Å². The van der Waals surface area contributed by atoms with Crippen molar-refractivity contribution in [1.29, 1.82) is 0 Å². The molecule has 0 aliphatic carbocycles. The minimum atomic E-state index is -0.307. The summed E-state index contributed by atoms with van der Waals surface area (Å²) >= 11 is 1.44. The Bertz CT molecular complexity index is 776. The van der Waals surface area contributed by atoms with Crippen molar-refractivity contribution in [2.24, 2.45) is 0 Å². The topological polar surface area (TPSA) is 83.1 Å². The first-order chi connectivity index (χ1) is 12.1. The molecule has 8 heteroatoms. The smallest absolute Gasteiger partial charge is 0.265 e. The second-order valence-electron chi connectivity index (χ2n) is 6.62. The molecule has 0 saturated carbocycles. The minimum absolute atomic E-state index is 0.0784. The summed E-state index contributed by atoms with van der Waals surface area (Å²) in [5.41, 5.74) is 2.85. The lowest BCUT2D eigenvalue weighted by Gasteiger charge is -2.43. The van der Waals surface area contributed by atoms with Crippen LogP contribution in [0.3, 0.4) is 0 Å². The summed E-state index contributed by atoms with van der Waals surface area (Å²) < 4.78 is 6.16. The van der Waals surface area contributed by atoms with Crippen LogP contribution >= 0.6 is 11.3 Å². The van der Waals surface area contributed by atoms with Gasteiger partial charge >= 0.3 is 0 Å². The van der Waals surface area contributed by atoms with E-state index in [1.165, 1.54) is 16.9 Å². The highest BCUT2D eigenvalue weighted by Crippen LogP contribution is 2.40. The Hall–Kier alpha value is -1.93. The highest BCUT2D eigenvalue weighted by atomic mass is 32.1. The first kappa shape index (κ1) is 16.5. The van der Waals surface area contributed by atoms with Crippen LogP contribution in [-0.2, 0) is 16.8 Å². The molecule has 2 aromatic heterocycles. The summed E-state index contributed by atoms with van der Waals surface area (Å²) in [4.78, 5) is 20.0. The Labute approximate surface area is 150 Å². The number of hydrogen-bond acceptors (Lipinski definition) is 6. The van der Waals surface area contributed by atoms with Crippen molar-refractivity contribution >= 4 is 22.4 Å². The molecule has 0 unspecified atom stereocenters. The zero-order valence-corrected chi connectivity index (χ0v) is 15.4. The average molecular weight is 361 g/mol. The number of thiazole rings is 1. The van der Waals surface area contributed by atoms with E-state index >= 15 is 0 Å². The van der Waals surface area contributed by atoms with Gasteiger partial charge in [-0.3, -0.25) is 9.89 Å². The number of hydrogen-bond donors (Lipinski definition) is 2. The number of likely N-dealkylation sites (tertiary alicyclic amines) is 1. The molecule has 25 heavy (non-hydrogen) atoms. The van der Waals surface area contributed by atoms with Crippen LogP contribution in [-0.4, -0.2) is 52.2 Å². The predicted molar refractivity (Wildman–Crippen MR) is 96.1 cm³/mol. The molecule has 2 N–H and O–H groups in total. The number of carbonyl (C=O) groups excluding carboxylic acids is 1. The minimum Gasteiger partial charge on any atom is -0.368 e. The molecule has 1 amide bonds. The Morgan fingerprint density at radius 3 is 3.04 bits per heavy atom. The van der Waals surface area contributed by atoms with Crippen LogP contribution in [0.25, 0.3) is 0 Å². The van der Waals surface area contributed by atoms with Gasteiger partial charge in [-0.05, 0) is 38.7 Å². The fourth-order valence-corrected chi connectivity index (χ4v) is 4.76. The molecule has 1 spiro atoms. The van der Waals surface area contributed by atoms with Crippen molar-refractivity contribution in [3.8, 4) is 0 Å². The third-order valence-electron chi connectivity index (χ3n) is 5.10. The monoisotopic (exact) mass is 361 g/mol. The van der Waals surface area contributed by atoms with E-state index in [1.807, 2.05) is 24.9 Å². The number of carbonyl (C=O) groups is 1. The SMILES string of the molecule is CCNc1nc(C)c(C(=O)N2CCC3(CC2)OCCc2cn[nH]c23)s1. The zero-order valence-electron chi connectivity index (χ0n) is 14.6. The van der Waals surface area contributed by atoms with Crippen LogP contribution in [0.4, 0.5) is 5.13 Å². The maximum atomic E-state index is 12.9. The third kappa shape index (κ3) is 2.83. The quantitative estimate of drug-likeness (QED) is 0.877. The van der Waals surface area contributed by atoms with Crippen molar-refractivity contribution in [3.63, 3.8) is 0 Å². The zero-order chi connectivity index (χ0) is 17.4. The Morgan fingerprint density at radius 1 is 1.48 bits per heavy atom. The van der Waals surface area contributed by atoms with E-state index in [2.05, 4.69) is 20.5 Å². The normalized spacial score (nSPS) is 19.0. The summed E-state index contributed by atoms with van der Waals surface area (Å²) in [6.45, 7) is 6.82. The molecule has 0 radical (unpaired) electrons. The molecule has 2 aromatic rings. The summed E-state index contributed by atoms with van der Waals surface area (Å²) in [5, 5.41) is 11.3. The van der Waals surface area contributed by atoms with Crippen LogP contribution in [0.5, 0.6) is 0 Å². The van der Waals surface area contributed by atoms with E-state index in [9.17, 15) is 4.79 Å². The van der Waals surface area contributed by atoms with Crippen LogP contribution < -0.4 is 5.32 Å². The molecule has 1 fully saturated rings. The van der Waals surface area contributed by atoms with Crippen molar-refractivity contribution < 1.29 is 9.53 Å². The number of anilines is 1. The maximum absolute atomic E-state index is 12.9. The third-order valence-corrected chi connectivity index (χ3v) is 6.20. The van der Waals surface area contributed by atoms with E-state index in [4.69, 9.17) is 4.74 Å². The molecule has 0 atom stereocenters. The van der Waals surface area contributed by atoms with Crippen molar-refractivity contribution in [3.05, 3.63) is 28.0 Å². The number of nitrogens with one attached hydrogen (secondary N) is 2. The Balaban J connectivity index is 1.48.